The van der Waals surface area contributed by atoms with Gasteiger partial charge in [-0.05, 0) is 84.2 Å². The zero-order chi connectivity index (χ0) is 28.5. The number of hydrogen-bond acceptors (Lipinski definition) is 1. The highest BCUT2D eigenvalue weighted by atomic mass is 32.1. The third-order valence-corrected chi connectivity index (χ3v) is 11.1. The summed E-state index contributed by atoms with van der Waals surface area (Å²) >= 11 is 1.91. The van der Waals surface area contributed by atoms with E-state index in [1.807, 2.05) is 11.3 Å². The van der Waals surface area contributed by atoms with Gasteiger partial charge in [0.1, 0.15) is 0 Å². The highest BCUT2D eigenvalue weighted by Crippen LogP contribution is 2.47. The molecule has 0 saturated heterocycles. The number of hydrogen-bond donors (Lipinski definition) is 0. The Morgan fingerprint density at radius 2 is 0.864 bits per heavy atom. The highest BCUT2D eigenvalue weighted by molar-refractivity contribution is 7.26. The van der Waals surface area contributed by atoms with Gasteiger partial charge in [-0.3, -0.25) is 0 Å². The smallest absolute Gasteiger partial charge is 0.0555 e. The molecule has 2 aromatic heterocycles. The van der Waals surface area contributed by atoms with Crippen LogP contribution in [0.15, 0.2) is 140 Å². The summed E-state index contributed by atoms with van der Waals surface area (Å²) in [4.78, 5) is 0. The van der Waals surface area contributed by atoms with E-state index in [1.54, 1.807) is 0 Å². The van der Waals surface area contributed by atoms with Gasteiger partial charge in [-0.25, -0.2) is 0 Å². The standard InChI is InChI=1S/C42H23NS/c1-3-12-27-25(10-1)30-16-9-17-31-26-11-2-4-13-28(26)35-23-24(22-34(27)40(35)39(30)31)43-36-18-7-5-15-33(36)41-37(43)21-20-32-29-14-6-8-19-38(29)44-42(32)41/h1-23H. The fourth-order valence-corrected chi connectivity index (χ4v) is 9.40. The summed E-state index contributed by atoms with van der Waals surface area (Å²) in [5.41, 5.74) is 3.71. The number of rotatable bonds is 1. The molecule has 0 atom stereocenters. The van der Waals surface area contributed by atoms with Crippen molar-refractivity contribution < 1.29 is 0 Å². The molecule has 0 aliphatic carbocycles. The quantitative estimate of drug-likeness (QED) is 0.136. The molecule has 0 unspecified atom stereocenters. The van der Waals surface area contributed by atoms with E-state index in [0.717, 1.165) is 0 Å². The molecule has 0 amide bonds. The normalized spacial score (nSPS) is 12.5. The molecule has 44 heavy (non-hydrogen) atoms. The van der Waals surface area contributed by atoms with Crippen LogP contribution in [0.5, 0.6) is 0 Å². The Bertz CT molecular complexity index is 2890. The first-order valence-corrected chi connectivity index (χ1v) is 16.0. The molecular formula is C42H23NS. The molecule has 202 valence electrons. The summed E-state index contributed by atoms with van der Waals surface area (Å²) in [6, 6.07) is 52.1. The van der Waals surface area contributed by atoms with Gasteiger partial charge < -0.3 is 4.57 Å². The van der Waals surface area contributed by atoms with Gasteiger partial charge in [0.05, 0.1) is 11.0 Å². The average molecular weight is 574 g/mol. The number of thiophene rings is 1. The topological polar surface area (TPSA) is 4.93 Å². The van der Waals surface area contributed by atoms with Gasteiger partial charge in [0.15, 0.2) is 0 Å². The molecule has 2 heteroatoms. The Morgan fingerprint density at radius 1 is 0.341 bits per heavy atom. The van der Waals surface area contributed by atoms with E-state index in [9.17, 15) is 0 Å². The van der Waals surface area contributed by atoms with Crippen LogP contribution in [-0.4, -0.2) is 4.57 Å². The van der Waals surface area contributed by atoms with Crippen LogP contribution < -0.4 is 0 Å². The van der Waals surface area contributed by atoms with Gasteiger partial charge in [0.2, 0.25) is 0 Å². The Kier molecular flexibility index (Phi) is 4.26. The van der Waals surface area contributed by atoms with Gasteiger partial charge in [0.25, 0.3) is 0 Å². The molecule has 0 aliphatic rings. The van der Waals surface area contributed by atoms with E-state index in [1.165, 1.54) is 102 Å². The van der Waals surface area contributed by atoms with Crippen molar-refractivity contribution in [2.45, 2.75) is 0 Å². The van der Waals surface area contributed by atoms with Crippen molar-refractivity contribution in [1.29, 1.82) is 0 Å². The lowest BCUT2D eigenvalue weighted by atomic mass is 9.86. The Labute approximate surface area is 256 Å². The van der Waals surface area contributed by atoms with Crippen molar-refractivity contribution in [3.63, 3.8) is 0 Å². The molecule has 1 nitrogen and oxygen atoms in total. The van der Waals surface area contributed by atoms with Crippen LogP contribution in [0.1, 0.15) is 0 Å². The molecule has 0 saturated carbocycles. The number of nitrogens with zero attached hydrogens (tertiary/aromatic N) is 1. The van der Waals surface area contributed by atoms with Crippen LogP contribution >= 0.6 is 11.3 Å². The molecule has 9 aromatic carbocycles. The van der Waals surface area contributed by atoms with Gasteiger partial charge in [-0.1, -0.05) is 109 Å². The van der Waals surface area contributed by atoms with Crippen molar-refractivity contribution in [3.8, 4) is 5.69 Å². The molecule has 0 fully saturated rings. The van der Waals surface area contributed by atoms with Crippen molar-refractivity contribution in [2.24, 2.45) is 0 Å². The van der Waals surface area contributed by atoms with Gasteiger partial charge in [-0.15, -0.1) is 11.3 Å². The van der Waals surface area contributed by atoms with E-state index in [-0.39, 0.29) is 0 Å². The fourth-order valence-electron chi connectivity index (χ4n) is 8.14. The van der Waals surface area contributed by atoms with E-state index in [2.05, 4.69) is 144 Å². The van der Waals surface area contributed by atoms with E-state index in [4.69, 9.17) is 0 Å². The lowest BCUT2D eigenvalue weighted by Gasteiger charge is -2.19. The first kappa shape index (κ1) is 23.1. The second kappa shape index (κ2) is 8.13. The second-order valence-corrected chi connectivity index (χ2v) is 13.1. The molecule has 11 rings (SSSR count). The zero-order valence-electron chi connectivity index (χ0n) is 23.6. The number of aromatic nitrogens is 1. The van der Waals surface area contributed by atoms with Crippen molar-refractivity contribution in [1.82, 2.24) is 4.57 Å². The van der Waals surface area contributed by atoms with Gasteiger partial charge >= 0.3 is 0 Å². The summed E-state index contributed by atoms with van der Waals surface area (Å²) in [6.45, 7) is 0. The maximum absolute atomic E-state index is 2.51. The van der Waals surface area contributed by atoms with Gasteiger partial charge in [0, 0.05) is 36.6 Å². The Morgan fingerprint density at radius 3 is 1.55 bits per heavy atom. The summed E-state index contributed by atoms with van der Waals surface area (Å²) in [6.07, 6.45) is 0. The lowest BCUT2D eigenvalue weighted by Crippen LogP contribution is -1.96. The summed E-state index contributed by atoms with van der Waals surface area (Å²) in [7, 11) is 0. The third-order valence-electron chi connectivity index (χ3n) is 9.89. The molecule has 2 heterocycles. The summed E-state index contributed by atoms with van der Waals surface area (Å²) < 4.78 is 5.21. The first-order valence-electron chi connectivity index (χ1n) is 15.2. The summed E-state index contributed by atoms with van der Waals surface area (Å²) in [5, 5.41) is 18.6. The highest BCUT2D eigenvalue weighted by Gasteiger charge is 2.21. The van der Waals surface area contributed by atoms with E-state index in [0.29, 0.717) is 0 Å². The lowest BCUT2D eigenvalue weighted by molar-refractivity contribution is 1.19. The number of fused-ring (bicyclic) bond motifs is 13. The predicted molar refractivity (Wildman–Crippen MR) is 192 cm³/mol. The molecule has 0 spiro atoms. The fraction of sp³-hybridized carbons (Fsp3) is 0. The van der Waals surface area contributed by atoms with Crippen LogP contribution in [0.2, 0.25) is 0 Å². The maximum Gasteiger partial charge on any atom is 0.0555 e. The third kappa shape index (κ3) is 2.75. The molecular weight excluding hydrogens is 551 g/mol. The Hall–Kier alpha value is -5.44. The molecule has 0 N–H and O–H groups in total. The van der Waals surface area contributed by atoms with E-state index < -0.39 is 0 Å². The number of para-hydroxylation sites is 1. The minimum absolute atomic E-state index is 1.21. The molecule has 0 radical (unpaired) electrons. The minimum atomic E-state index is 1.21. The maximum atomic E-state index is 2.51. The summed E-state index contributed by atoms with van der Waals surface area (Å²) in [5.74, 6) is 0. The largest absolute Gasteiger partial charge is 0.309 e. The van der Waals surface area contributed by atoms with Crippen LogP contribution in [0.4, 0.5) is 0 Å². The Balaban J connectivity index is 1.38. The predicted octanol–water partition coefficient (Wildman–Crippen LogP) is 12.4. The SMILES string of the molecule is c1ccc2c(c1)sc1c2ccc2c1c1ccccc1n2-c1cc2c3ccccc3c3cccc4c5ccccc5c(c1)c2c34. The monoisotopic (exact) mass is 573 g/mol. The van der Waals surface area contributed by atoms with Crippen LogP contribution in [0.3, 0.4) is 0 Å². The number of benzene rings is 9. The van der Waals surface area contributed by atoms with E-state index >= 15 is 0 Å². The van der Waals surface area contributed by atoms with Crippen LogP contribution in [-0.2, 0) is 0 Å². The van der Waals surface area contributed by atoms with Crippen LogP contribution in [0.25, 0.3) is 102 Å². The second-order valence-electron chi connectivity index (χ2n) is 12.0. The van der Waals surface area contributed by atoms with Crippen LogP contribution in [0, 0.1) is 0 Å². The zero-order valence-corrected chi connectivity index (χ0v) is 24.5. The minimum Gasteiger partial charge on any atom is -0.309 e. The first-order chi connectivity index (χ1) is 21.8. The van der Waals surface area contributed by atoms with Crippen molar-refractivity contribution in [3.05, 3.63) is 140 Å². The van der Waals surface area contributed by atoms with Crippen molar-refractivity contribution >= 4 is 107 Å². The van der Waals surface area contributed by atoms with Gasteiger partial charge in [-0.2, -0.15) is 0 Å². The average Bonchev–Trinajstić information content (AvgIpc) is 3.63. The molecule has 11 aromatic rings. The van der Waals surface area contributed by atoms with Crippen molar-refractivity contribution in [2.75, 3.05) is 0 Å². The molecule has 0 bridgehead atoms. The molecule has 0 aliphatic heterocycles.